The first-order valence-electron chi connectivity index (χ1n) is 4.87. The molecule has 2 atom stereocenters. The lowest BCUT2D eigenvalue weighted by Gasteiger charge is -2.16. The summed E-state index contributed by atoms with van der Waals surface area (Å²) >= 11 is 0. The number of hydrogen-bond donors (Lipinski definition) is 2. The van der Waals surface area contributed by atoms with Gasteiger partial charge in [-0.2, -0.15) is 0 Å². The van der Waals surface area contributed by atoms with Crippen LogP contribution in [-0.4, -0.2) is 17.8 Å². The Morgan fingerprint density at radius 3 is 2.53 bits per heavy atom. The smallest absolute Gasteiger partial charge is 0.130 e. The molecule has 15 heavy (non-hydrogen) atoms. The Bertz CT molecular complexity index is 328. The molecule has 0 radical (unpaired) electrons. The van der Waals surface area contributed by atoms with Gasteiger partial charge in [0.25, 0.3) is 0 Å². The van der Waals surface area contributed by atoms with Gasteiger partial charge < -0.3 is 10.4 Å². The molecule has 1 aromatic rings. The molecule has 0 aliphatic heterocycles. The lowest BCUT2D eigenvalue weighted by Crippen LogP contribution is -2.27. The third-order valence-electron chi connectivity index (χ3n) is 2.15. The topological polar surface area (TPSA) is 32.3 Å². The fraction of sp³-hybridized carbons (Fsp3) is 0.455. The zero-order chi connectivity index (χ0) is 11.4. The molecule has 1 aromatic carbocycles. The molecule has 2 N–H and O–H groups in total. The number of nitrogens with one attached hydrogen (secondary N) is 1. The summed E-state index contributed by atoms with van der Waals surface area (Å²) < 4.78 is 25.9. The number of aliphatic hydroxyl groups is 1. The summed E-state index contributed by atoms with van der Waals surface area (Å²) in [6.07, 6.45) is -0.490. The second-order valence-electron chi connectivity index (χ2n) is 3.64. The number of aliphatic hydroxyl groups excluding tert-OH is 1. The van der Waals surface area contributed by atoms with Crippen molar-refractivity contribution in [3.8, 4) is 0 Å². The summed E-state index contributed by atoms with van der Waals surface area (Å²) in [5.41, 5.74) is 0.400. The van der Waals surface area contributed by atoms with Crippen molar-refractivity contribution in [2.75, 3.05) is 6.54 Å². The van der Waals surface area contributed by atoms with Gasteiger partial charge in [-0.15, -0.1) is 0 Å². The van der Waals surface area contributed by atoms with E-state index in [1.165, 1.54) is 12.1 Å². The van der Waals surface area contributed by atoms with Crippen LogP contribution < -0.4 is 5.32 Å². The molecule has 0 spiro atoms. The maximum Gasteiger partial charge on any atom is 0.130 e. The highest BCUT2D eigenvalue weighted by molar-refractivity contribution is 5.21. The number of halogens is 2. The van der Waals surface area contributed by atoms with Gasteiger partial charge in [-0.3, -0.25) is 0 Å². The van der Waals surface area contributed by atoms with E-state index in [0.717, 1.165) is 6.07 Å². The van der Waals surface area contributed by atoms with E-state index in [-0.39, 0.29) is 6.04 Å². The van der Waals surface area contributed by atoms with Crippen molar-refractivity contribution in [1.29, 1.82) is 0 Å². The molecule has 0 fully saturated rings. The van der Waals surface area contributed by atoms with Gasteiger partial charge in [0, 0.05) is 24.2 Å². The largest absolute Gasteiger partial charge is 0.392 e. The van der Waals surface area contributed by atoms with Gasteiger partial charge in [-0.05, 0) is 19.9 Å². The molecule has 4 heteroatoms. The molecule has 0 aliphatic carbocycles. The first-order valence-corrected chi connectivity index (χ1v) is 4.87. The van der Waals surface area contributed by atoms with E-state index in [9.17, 15) is 8.78 Å². The lowest BCUT2D eigenvalue weighted by atomic mass is 10.1. The molecule has 1 rings (SSSR count). The predicted molar refractivity (Wildman–Crippen MR) is 54.5 cm³/mol. The Kier molecular flexibility index (Phi) is 4.17. The Morgan fingerprint density at radius 2 is 2.00 bits per heavy atom. The summed E-state index contributed by atoms with van der Waals surface area (Å²) in [4.78, 5) is 0. The highest BCUT2D eigenvalue weighted by Crippen LogP contribution is 2.17. The summed E-state index contributed by atoms with van der Waals surface area (Å²) in [5.74, 6) is -1.15. The molecule has 0 bridgehead atoms. The van der Waals surface area contributed by atoms with Gasteiger partial charge in [0.2, 0.25) is 0 Å². The average Bonchev–Trinajstić information content (AvgIpc) is 2.14. The maximum atomic E-state index is 13.3. The van der Waals surface area contributed by atoms with Crippen LogP contribution in [0.1, 0.15) is 25.5 Å². The Labute approximate surface area is 87.9 Å². The molecule has 0 aliphatic rings. The van der Waals surface area contributed by atoms with Crippen molar-refractivity contribution in [1.82, 2.24) is 5.32 Å². The zero-order valence-corrected chi connectivity index (χ0v) is 8.80. The minimum Gasteiger partial charge on any atom is -0.392 e. The second kappa shape index (κ2) is 5.19. The minimum atomic E-state index is -0.584. The van der Waals surface area contributed by atoms with E-state index in [2.05, 4.69) is 5.32 Å². The monoisotopic (exact) mass is 215 g/mol. The van der Waals surface area contributed by atoms with E-state index >= 15 is 0 Å². The third kappa shape index (κ3) is 3.57. The van der Waals surface area contributed by atoms with Crippen molar-refractivity contribution in [3.05, 3.63) is 35.4 Å². The highest BCUT2D eigenvalue weighted by atomic mass is 19.1. The Balaban J connectivity index is 2.69. The predicted octanol–water partition coefficient (Wildman–Crippen LogP) is 2.00. The van der Waals surface area contributed by atoms with E-state index in [4.69, 9.17) is 5.11 Å². The van der Waals surface area contributed by atoms with Crippen LogP contribution in [0, 0.1) is 11.6 Å². The van der Waals surface area contributed by atoms with E-state index in [0.29, 0.717) is 12.1 Å². The number of rotatable bonds is 4. The Hall–Kier alpha value is -1.00. The SMILES string of the molecule is CC(NC[C@@H](C)O)c1ccc(F)cc1F. The van der Waals surface area contributed by atoms with Crippen LogP contribution >= 0.6 is 0 Å². The highest BCUT2D eigenvalue weighted by Gasteiger charge is 2.11. The van der Waals surface area contributed by atoms with Crippen molar-refractivity contribution in [2.24, 2.45) is 0 Å². The molecule has 0 saturated carbocycles. The van der Waals surface area contributed by atoms with Crippen LogP contribution in [0.3, 0.4) is 0 Å². The van der Waals surface area contributed by atoms with Crippen molar-refractivity contribution < 1.29 is 13.9 Å². The normalized spacial score (nSPS) is 15.0. The fourth-order valence-corrected chi connectivity index (χ4v) is 1.31. The molecular weight excluding hydrogens is 200 g/mol. The zero-order valence-electron chi connectivity index (χ0n) is 8.80. The Morgan fingerprint density at radius 1 is 1.33 bits per heavy atom. The van der Waals surface area contributed by atoms with Gasteiger partial charge in [-0.25, -0.2) is 8.78 Å². The molecule has 1 unspecified atom stereocenters. The van der Waals surface area contributed by atoms with Gasteiger partial charge >= 0.3 is 0 Å². The van der Waals surface area contributed by atoms with Gasteiger partial charge in [0.05, 0.1) is 6.10 Å². The summed E-state index contributed by atoms with van der Waals surface area (Å²) in [7, 11) is 0. The third-order valence-corrected chi connectivity index (χ3v) is 2.15. The van der Waals surface area contributed by atoms with Crippen LogP contribution in [0.5, 0.6) is 0 Å². The quantitative estimate of drug-likeness (QED) is 0.805. The number of benzene rings is 1. The average molecular weight is 215 g/mol. The first kappa shape index (κ1) is 12.1. The van der Waals surface area contributed by atoms with E-state index in [1.54, 1.807) is 13.8 Å². The van der Waals surface area contributed by atoms with Gasteiger partial charge in [0.15, 0.2) is 0 Å². The molecular formula is C11H15F2NO. The lowest BCUT2D eigenvalue weighted by molar-refractivity contribution is 0.187. The van der Waals surface area contributed by atoms with Crippen molar-refractivity contribution in [2.45, 2.75) is 26.0 Å². The summed E-state index contributed by atoms with van der Waals surface area (Å²) in [5, 5.41) is 12.0. The van der Waals surface area contributed by atoms with Crippen LogP contribution in [0.15, 0.2) is 18.2 Å². The van der Waals surface area contributed by atoms with Crippen LogP contribution in [0.4, 0.5) is 8.78 Å². The first-order chi connectivity index (χ1) is 7.00. The van der Waals surface area contributed by atoms with Crippen LogP contribution in [0.2, 0.25) is 0 Å². The summed E-state index contributed by atoms with van der Waals surface area (Å²) in [6.45, 7) is 3.78. The molecule has 0 saturated heterocycles. The second-order valence-corrected chi connectivity index (χ2v) is 3.64. The molecule has 2 nitrogen and oxygen atoms in total. The van der Waals surface area contributed by atoms with Gasteiger partial charge in [-0.1, -0.05) is 6.07 Å². The van der Waals surface area contributed by atoms with Crippen molar-refractivity contribution in [3.63, 3.8) is 0 Å². The standard InChI is InChI=1S/C11H15F2NO/c1-7(15)6-14-8(2)10-4-3-9(12)5-11(10)13/h3-5,7-8,14-15H,6H2,1-2H3/t7-,8?/m1/s1. The number of hydrogen-bond acceptors (Lipinski definition) is 2. The fourth-order valence-electron chi connectivity index (χ4n) is 1.31. The van der Waals surface area contributed by atoms with E-state index < -0.39 is 17.7 Å². The summed E-state index contributed by atoms with van der Waals surface area (Å²) in [6, 6.07) is 3.24. The molecule has 84 valence electrons. The molecule has 0 amide bonds. The van der Waals surface area contributed by atoms with Crippen LogP contribution in [-0.2, 0) is 0 Å². The minimum absolute atomic E-state index is 0.250. The van der Waals surface area contributed by atoms with E-state index in [1.807, 2.05) is 0 Å². The van der Waals surface area contributed by atoms with Crippen molar-refractivity contribution >= 4 is 0 Å². The molecule has 0 aromatic heterocycles. The maximum absolute atomic E-state index is 13.3. The molecule has 0 heterocycles. The van der Waals surface area contributed by atoms with Gasteiger partial charge in [0.1, 0.15) is 11.6 Å². The van der Waals surface area contributed by atoms with Crippen LogP contribution in [0.25, 0.3) is 0 Å².